The fourth-order valence-corrected chi connectivity index (χ4v) is 3.32. The number of pyridine rings is 1. The number of aromatic amines is 1. The second kappa shape index (κ2) is 3.98. The Morgan fingerprint density at radius 1 is 1.21 bits per heavy atom. The maximum absolute atomic E-state index is 11.7. The van der Waals surface area contributed by atoms with E-state index in [0.29, 0.717) is 18.5 Å². The van der Waals surface area contributed by atoms with Gasteiger partial charge in [-0.2, -0.15) is 0 Å². The fraction of sp³-hybridized carbons (Fsp3) is 0.429. The summed E-state index contributed by atoms with van der Waals surface area (Å²) >= 11 is 0. The molecule has 4 rings (SSSR count). The van der Waals surface area contributed by atoms with Gasteiger partial charge in [-0.25, -0.2) is 4.98 Å². The zero-order chi connectivity index (χ0) is 12.8. The lowest BCUT2D eigenvalue weighted by Crippen LogP contribution is -2.38. The van der Waals surface area contributed by atoms with Crippen LogP contribution in [-0.2, 0) is 4.79 Å². The number of carbonyl (C=O) groups is 1. The van der Waals surface area contributed by atoms with Crippen LogP contribution >= 0.6 is 0 Å². The third-order valence-electron chi connectivity index (χ3n) is 4.24. The van der Waals surface area contributed by atoms with Crippen molar-refractivity contribution in [1.82, 2.24) is 15.3 Å². The van der Waals surface area contributed by atoms with Crippen LogP contribution in [0.3, 0.4) is 0 Å². The average Bonchev–Trinajstić information content (AvgIpc) is 2.96. The first kappa shape index (κ1) is 10.8. The Morgan fingerprint density at radius 2 is 2.11 bits per heavy atom. The largest absolute Gasteiger partial charge is 0.354 e. The van der Waals surface area contributed by atoms with Crippen molar-refractivity contribution in [1.29, 1.82) is 0 Å². The number of nitrogens with zero attached hydrogens (tertiary/aromatic N) is 2. The lowest BCUT2D eigenvalue weighted by molar-refractivity contribution is -0.121. The summed E-state index contributed by atoms with van der Waals surface area (Å²) < 4.78 is 0. The standard InChI is InChI=1S/C14H16N4O/c19-13-7-10-2-3-11(8-16-13)18(10)12-4-1-9-5-6-15-14(9)17-12/h1,4-6,10-11H,2-3,7-8H2,(H,15,17)(H,16,19)/t10-,11+/m1/s1. The molecule has 2 bridgehead atoms. The summed E-state index contributed by atoms with van der Waals surface area (Å²) in [6.07, 6.45) is 4.71. The van der Waals surface area contributed by atoms with Crippen LogP contribution < -0.4 is 10.2 Å². The summed E-state index contributed by atoms with van der Waals surface area (Å²) in [7, 11) is 0. The Kier molecular flexibility index (Phi) is 2.27. The molecule has 2 aliphatic heterocycles. The van der Waals surface area contributed by atoms with Gasteiger partial charge in [-0.05, 0) is 31.0 Å². The summed E-state index contributed by atoms with van der Waals surface area (Å²) in [6, 6.07) is 6.86. The van der Waals surface area contributed by atoms with E-state index in [1.807, 2.05) is 12.3 Å². The van der Waals surface area contributed by atoms with Crippen LogP contribution in [0.25, 0.3) is 11.0 Å². The predicted octanol–water partition coefficient (Wildman–Crippen LogP) is 1.42. The quantitative estimate of drug-likeness (QED) is 0.811. The molecule has 2 N–H and O–H groups in total. The first-order chi connectivity index (χ1) is 9.31. The lowest BCUT2D eigenvalue weighted by Gasteiger charge is -2.28. The number of anilines is 1. The summed E-state index contributed by atoms with van der Waals surface area (Å²) in [6.45, 7) is 0.736. The molecule has 0 radical (unpaired) electrons. The van der Waals surface area contributed by atoms with Crippen molar-refractivity contribution in [2.24, 2.45) is 0 Å². The number of amides is 1. The number of hydrogen-bond donors (Lipinski definition) is 2. The Hall–Kier alpha value is -2.04. The van der Waals surface area contributed by atoms with Crippen LogP contribution in [0.15, 0.2) is 24.4 Å². The zero-order valence-electron chi connectivity index (χ0n) is 10.6. The topological polar surface area (TPSA) is 61.0 Å². The first-order valence-electron chi connectivity index (χ1n) is 6.80. The van der Waals surface area contributed by atoms with Crippen molar-refractivity contribution in [3.05, 3.63) is 24.4 Å². The van der Waals surface area contributed by atoms with Crippen molar-refractivity contribution in [3.8, 4) is 0 Å². The van der Waals surface area contributed by atoms with E-state index in [2.05, 4.69) is 27.3 Å². The minimum absolute atomic E-state index is 0.165. The number of hydrogen-bond acceptors (Lipinski definition) is 3. The molecule has 0 aliphatic carbocycles. The molecule has 0 saturated carbocycles. The summed E-state index contributed by atoms with van der Waals surface area (Å²) in [5.41, 5.74) is 0.917. The highest BCUT2D eigenvalue weighted by Gasteiger charge is 2.38. The molecule has 98 valence electrons. The van der Waals surface area contributed by atoms with Crippen molar-refractivity contribution < 1.29 is 4.79 Å². The number of carbonyl (C=O) groups excluding carboxylic acids is 1. The molecule has 0 spiro atoms. The van der Waals surface area contributed by atoms with Gasteiger partial charge in [0.25, 0.3) is 0 Å². The lowest BCUT2D eigenvalue weighted by atomic mass is 10.1. The van der Waals surface area contributed by atoms with Crippen LogP contribution in [0.4, 0.5) is 5.82 Å². The van der Waals surface area contributed by atoms with E-state index in [0.717, 1.165) is 36.2 Å². The van der Waals surface area contributed by atoms with Crippen LogP contribution in [0.2, 0.25) is 0 Å². The molecular weight excluding hydrogens is 240 g/mol. The number of fused-ring (bicyclic) bond motifs is 3. The molecule has 2 fully saturated rings. The third kappa shape index (κ3) is 1.69. The SMILES string of the molecule is O=C1C[C@H]2CC[C@@H](CN1)N2c1ccc2cc[nH]c2n1. The highest BCUT2D eigenvalue weighted by Crippen LogP contribution is 2.33. The highest BCUT2D eigenvalue weighted by molar-refractivity contribution is 5.80. The fourth-order valence-electron chi connectivity index (χ4n) is 3.32. The monoisotopic (exact) mass is 256 g/mol. The third-order valence-corrected chi connectivity index (χ3v) is 4.24. The van der Waals surface area contributed by atoms with E-state index < -0.39 is 0 Å². The predicted molar refractivity (Wildman–Crippen MR) is 73.0 cm³/mol. The number of nitrogens with one attached hydrogen (secondary N) is 2. The molecule has 2 aliphatic rings. The van der Waals surface area contributed by atoms with Crippen molar-refractivity contribution >= 4 is 22.8 Å². The van der Waals surface area contributed by atoms with E-state index in [1.165, 1.54) is 0 Å². The van der Waals surface area contributed by atoms with E-state index in [-0.39, 0.29) is 5.91 Å². The van der Waals surface area contributed by atoms with Gasteiger partial charge in [0.2, 0.25) is 5.91 Å². The van der Waals surface area contributed by atoms with E-state index in [1.54, 1.807) is 0 Å². The van der Waals surface area contributed by atoms with Gasteiger partial charge < -0.3 is 15.2 Å². The minimum atomic E-state index is 0.165. The number of H-pyrrole nitrogens is 1. The molecule has 0 unspecified atom stereocenters. The van der Waals surface area contributed by atoms with Gasteiger partial charge in [-0.1, -0.05) is 0 Å². The molecule has 19 heavy (non-hydrogen) atoms. The summed E-state index contributed by atoms with van der Waals surface area (Å²) in [5, 5.41) is 4.12. The molecule has 4 heterocycles. The number of rotatable bonds is 1. The molecule has 5 heteroatoms. The molecule has 2 atom stereocenters. The second-order valence-corrected chi connectivity index (χ2v) is 5.39. The molecule has 5 nitrogen and oxygen atoms in total. The molecular formula is C14H16N4O. The highest BCUT2D eigenvalue weighted by atomic mass is 16.1. The van der Waals surface area contributed by atoms with Gasteiger partial charge in [0.1, 0.15) is 11.5 Å². The number of aromatic nitrogens is 2. The average molecular weight is 256 g/mol. The normalized spacial score (nSPS) is 26.5. The maximum atomic E-state index is 11.7. The van der Waals surface area contributed by atoms with Gasteiger partial charge in [-0.3, -0.25) is 4.79 Å². The van der Waals surface area contributed by atoms with Gasteiger partial charge >= 0.3 is 0 Å². The smallest absolute Gasteiger partial charge is 0.222 e. The van der Waals surface area contributed by atoms with Crippen molar-refractivity contribution in [2.75, 3.05) is 11.4 Å². The van der Waals surface area contributed by atoms with E-state index in [4.69, 9.17) is 4.98 Å². The van der Waals surface area contributed by atoms with Crippen molar-refractivity contribution in [3.63, 3.8) is 0 Å². The van der Waals surface area contributed by atoms with Crippen molar-refractivity contribution in [2.45, 2.75) is 31.3 Å². The molecule has 2 saturated heterocycles. The molecule has 2 aromatic rings. The minimum Gasteiger partial charge on any atom is -0.354 e. The van der Waals surface area contributed by atoms with Gasteiger partial charge in [0, 0.05) is 36.6 Å². The Morgan fingerprint density at radius 3 is 3.05 bits per heavy atom. The van der Waals surface area contributed by atoms with Crippen LogP contribution in [-0.4, -0.2) is 34.5 Å². The van der Waals surface area contributed by atoms with Crippen LogP contribution in [0, 0.1) is 0 Å². The summed E-state index contributed by atoms with van der Waals surface area (Å²) in [4.78, 5) is 21.8. The van der Waals surface area contributed by atoms with Gasteiger partial charge in [-0.15, -0.1) is 0 Å². The van der Waals surface area contributed by atoms with Gasteiger partial charge in [0.15, 0.2) is 0 Å². The molecule has 1 amide bonds. The first-order valence-corrected chi connectivity index (χ1v) is 6.80. The summed E-state index contributed by atoms with van der Waals surface area (Å²) in [5.74, 6) is 1.15. The van der Waals surface area contributed by atoms with Gasteiger partial charge in [0.05, 0.1) is 0 Å². The molecule has 2 aromatic heterocycles. The zero-order valence-corrected chi connectivity index (χ0v) is 10.6. The van der Waals surface area contributed by atoms with Crippen LogP contribution in [0.1, 0.15) is 19.3 Å². The van der Waals surface area contributed by atoms with E-state index >= 15 is 0 Å². The Bertz CT molecular complexity index is 635. The maximum Gasteiger partial charge on any atom is 0.222 e. The Balaban J connectivity index is 1.75. The second-order valence-electron chi connectivity index (χ2n) is 5.39. The Labute approximate surface area is 111 Å². The molecule has 0 aromatic carbocycles. The van der Waals surface area contributed by atoms with E-state index in [9.17, 15) is 4.79 Å². The van der Waals surface area contributed by atoms with Crippen LogP contribution in [0.5, 0.6) is 0 Å².